The molecule has 2 N–H and O–H groups in total. The van der Waals surface area contributed by atoms with Gasteiger partial charge >= 0.3 is 6.03 Å². The minimum absolute atomic E-state index is 0.0983. The van der Waals surface area contributed by atoms with Gasteiger partial charge in [0, 0.05) is 5.69 Å². The summed E-state index contributed by atoms with van der Waals surface area (Å²) in [6.07, 6.45) is 1.29. The van der Waals surface area contributed by atoms with Crippen LogP contribution in [-0.2, 0) is 14.4 Å². The van der Waals surface area contributed by atoms with Crippen molar-refractivity contribution < 1.29 is 33.0 Å². The van der Waals surface area contributed by atoms with Crippen molar-refractivity contribution in [2.45, 2.75) is 13.8 Å². The number of aryl methyl sites for hydroxylation is 1. The summed E-state index contributed by atoms with van der Waals surface area (Å²) in [6, 6.07) is 14.2. The molecule has 5 amide bonds. The fourth-order valence-electron chi connectivity index (χ4n) is 3.69. The molecule has 1 heterocycles. The molecule has 0 atom stereocenters. The third-order valence-electron chi connectivity index (χ3n) is 5.51. The van der Waals surface area contributed by atoms with Crippen LogP contribution in [-0.4, -0.2) is 37.0 Å². The summed E-state index contributed by atoms with van der Waals surface area (Å²) in [7, 11) is 0. The first-order valence-electron chi connectivity index (χ1n) is 11.8. The van der Waals surface area contributed by atoms with Crippen LogP contribution in [0.2, 0.25) is 0 Å². The van der Waals surface area contributed by atoms with Crippen LogP contribution in [0, 0.1) is 12.7 Å². The van der Waals surface area contributed by atoms with Crippen molar-refractivity contribution in [2.24, 2.45) is 0 Å². The molecule has 4 rings (SSSR count). The van der Waals surface area contributed by atoms with E-state index in [1.54, 1.807) is 25.1 Å². The topological polar surface area (TPSA) is 114 Å². The van der Waals surface area contributed by atoms with E-state index in [-0.39, 0.29) is 41.9 Å². The van der Waals surface area contributed by atoms with Crippen molar-refractivity contribution in [3.63, 3.8) is 0 Å². The molecule has 0 bridgehead atoms. The van der Waals surface area contributed by atoms with Crippen molar-refractivity contribution in [3.05, 3.63) is 87.7 Å². The first kappa shape index (κ1) is 27.5. The number of carbonyl (C=O) groups is 4. The zero-order valence-electron chi connectivity index (χ0n) is 20.9. The molecular formula is C28H23BrFN3O6. The van der Waals surface area contributed by atoms with E-state index in [1.165, 1.54) is 24.3 Å². The molecule has 1 aliphatic heterocycles. The van der Waals surface area contributed by atoms with Gasteiger partial charge in [0.2, 0.25) is 0 Å². The molecule has 200 valence electrons. The molecule has 0 unspecified atom stereocenters. The number of barbiturate groups is 1. The zero-order chi connectivity index (χ0) is 28.1. The van der Waals surface area contributed by atoms with Crippen molar-refractivity contribution in [2.75, 3.05) is 23.4 Å². The number of nitrogens with zero attached hydrogens (tertiary/aromatic N) is 1. The van der Waals surface area contributed by atoms with E-state index in [9.17, 15) is 23.6 Å². The van der Waals surface area contributed by atoms with Crippen LogP contribution in [0.4, 0.5) is 20.6 Å². The Morgan fingerprint density at radius 1 is 1.05 bits per heavy atom. The second kappa shape index (κ2) is 11.9. The Morgan fingerprint density at radius 2 is 1.74 bits per heavy atom. The molecule has 0 radical (unpaired) electrons. The fraction of sp³-hybridized carbons (Fsp3) is 0.143. The van der Waals surface area contributed by atoms with E-state index in [1.807, 2.05) is 19.1 Å². The normalized spacial score (nSPS) is 14.3. The number of urea groups is 1. The summed E-state index contributed by atoms with van der Waals surface area (Å²) < 4.78 is 25.2. The summed E-state index contributed by atoms with van der Waals surface area (Å²) in [5.74, 6) is -2.17. The smallest absolute Gasteiger partial charge is 0.335 e. The number of anilines is 2. The molecule has 3 aromatic carbocycles. The maximum Gasteiger partial charge on any atom is 0.335 e. The van der Waals surface area contributed by atoms with E-state index >= 15 is 0 Å². The highest BCUT2D eigenvalue weighted by Crippen LogP contribution is 2.38. The van der Waals surface area contributed by atoms with Gasteiger partial charge in [-0.25, -0.2) is 14.1 Å². The number of nitrogens with one attached hydrogen (secondary N) is 2. The number of hydrogen-bond donors (Lipinski definition) is 2. The average Bonchev–Trinajstić information content (AvgIpc) is 2.88. The Kier molecular flexibility index (Phi) is 8.40. The fourth-order valence-corrected chi connectivity index (χ4v) is 4.27. The second-order valence-corrected chi connectivity index (χ2v) is 9.25. The largest absolute Gasteiger partial charge is 0.490 e. The molecule has 1 fully saturated rings. The van der Waals surface area contributed by atoms with Crippen LogP contribution in [0.1, 0.15) is 18.1 Å². The molecule has 1 aliphatic rings. The molecule has 9 nitrogen and oxygen atoms in total. The monoisotopic (exact) mass is 595 g/mol. The number of amides is 5. The lowest BCUT2D eigenvalue weighted by atomic mass is 10.1. The van der Waals surface area contributed by atoms with Gasteiger partial charge in [-0.2, -0.15) is 0 Å². The Balaban J connectivity index is 1.57. The predicted octanol–water partition coefficient (Wildman–Crippen LogP) is 4.98. The van der Waals surface area contributed by atoms with Gasteiger partial charge in [-0.15, -0.1) is 0 Å². The Hall–Kier alpha value is -4.51. The lowest BCUT2D eigenvalue weighted by molar-refractivity contribution is -0.122. The highest BCUT2D eigenvalue weighted by molar-refractivity contribution is 9.10. The Labute approximate surface area is 231 Å². The minimum atomic E-state index is -0.947. The maximum atomic E-state index is 13.3. The lowest BCUT2D eigenvalue weighted by Crippen LogP contribution is -2.54. The van der Waals surface area contributed by atoms with Gasteiger partial charge in [-0.1, -0.05) is 17.7 Å². The number of ether oxygens (including phenoxy) is 2. The predicted molar refractivity (Wildman–Crippen MR) is 146 cm³/mol. The lowest BCUT2D eigenvalue weighted by Gasteiger charge is -2.26. The molecule has 0 aromatic heterocycles. The number of rotatable bonds is 8. The van der Waals surface area contributed by atoms with Crippen LogP contribution >= 0.6 is 15.9 Å². The van der Waals surface area contributed by atoms with Crippen molar-refractivity contribution in [1.29, 1.82) is 0 Å². The van der Waals surface area contributed by atoms with Crippen LogP contribution < -0.4 is 25.0 Å². The number of halogens is 2. The molecule has 1 saturated heterocycles. The summed E-state index contributed by atoms with van der Waals surface area (Å²) >= 11 is 3.40. The molecule has 3 aromatic rings. The Bertz CT molecular complexity index is 1470. The highest BCUT2D eigenvalue weighted by Gasteiger charge is 2.37. The second-order valence-electron chi connectivity index (χ2n) is 8.40. The number of hydrogen-bond acceptors (Lipinski definition) is 6. The maximum absolute atomic E-state index is 13.3. The van der Waals surface area contributed by atoms with E-state index < -0.39 is 23.7 Å². The van der Waals surface area contributed by atoms with Crippen LogP contribution in [0.3, 0.4) is 0 Å². The summed E-state index contributed by atoms with van der Waals surface area (Å²) in [6.45, 7) is 3.67. The van der Waals surface area contributed by atoms with Crippen molar-refractivity contribution in [3.8, 4) is 11.5 Å². The summed E-state index contributed by atoms with van der Waals surface area (Å²) in [4.78, 5) is 51.2. The highest BCUT2D eigenvalue weighted by atomic mass is 79.9. The molecule has 0 saturated carbocycles. The van der Waals surface area contributed by atoms with E-state index in [0.29, 0.717) is 15.7 Å². The first-order chi connectivity index (χ1) is 18.7. The third-order valence-corrected chi connectivity index (χ3v) is 6.10. The number of imide groups is 2. The van der Waals surface area contributed by atoms with Crippen LogP contribution in [0.25, 0.3) is 6.08 Å². The third kappa shape index (κ3) is 6.50. The molecule has 11 heteroatoms. The minimum Gasteiger partial charge on any atom is -0.490 e. The summed E-state index contributed by atoms with van der Waals surface area (Å²) in [5, 5.41) is 4.86. The van der Waals surface area contributed by atoms with Gasteiger partial charge in [0.15, 0.2) is 18.1 Å². The van der Waals surface area contributed by atoms with E-state index in [0.717, 1.165) is 22.6 Å². The van der Waals surface area contributed by atoms with Gasteiger partial charge in [0.05, 0.1) is 16.8 Å². The quantitative estimate of drug-likeness (QED) is 0.280. The number of carbonyl (C=O) groups excluding carboxylic acids is 4. The molecular weight excluding hydrogens is 573 g/mol. The van der Waals surface area contributed by atoms with Crippen molar-refractivity contribution in [1.82, 2.24) is 5.32 Å². The van der Waals surface area contributed by atoms with Gasteiger partial charge in [-0.3, -0.25) is 19.7 Å². The van der Waals surface area contributed by atoms with Crippen LogP contribution in [0.15, 0.2) is 70.7 Å². The van der Waals surface area contributed by atoms with Crippen LogP contribution in [0.5, 0.6) is 11.5 Å². The van der Waals surface area contributed by atoms with Gasteiger partial charge in [0.25, 0.3) is 17.7 Å². The van der Waals surface area contributed by atoms with Gasteiger partial charge < -0.3 is 14.8 Å². The van der Waals surface area contributed by atoms with E-state index in [4.69, 9.17) is 9.47 Å². The first-order valence-corrected chi connectivity index (χ1v) is 12.6. The van der Waals surface area contributed by atoms with Gasteiger partial charge in [0.1, 0.15) is 11.4 Å². The molecule has 0 spiro atoms. The zero-order valence-corrected chi connectivity index (χ0v) is 22.5. The SMILES string of the molecule is CCOc1cc(/C=C2\C(=O)NC(=O)N(c3ccc(F)cc3)C2=O)cc(Br)c1OCC(=O)Nc1ccc(C)cc1. The van der Waals surface area contributed by atoms with Gasteiger partial charge in [-0.05, 0) is 89.9 Å². The van der Waals surface area contributed by atoms with Crippen molar-refractivity contribution >= 4 is 57.1 Å². The average molecular weight is 596 g/mol. The Morgan fingerprint density at radius 3 is 2.41 bits per heavy atom. The standard InChI is InChI=1S/C28H23BrFN3O6/c1-3-38-23-14-17(13-22(29)25(23)39-15-24(34)31-19-8-4-16(2)5-9-19)12-21-26(35)32-28(37)33(27(21)36)20-10-6-18(30)7-11-20/h4-14H,3,15H2,1-2H3,(H,31,34)(H,32,35,37)/b21-12+. The number of benzene rings is 3. The summed E-state index contributed by atoms with van der Waals surface area (Å²) in [5.41, 5.74) is 1.85. The molecule has 39 heavy (non-hydrogen) atoms. The molecule has 0 aliphatic carbocycles. The van der Waals surface area contributed by atoms with E-state index in [2.05, 4.69) is 26.6 Å².